The Labute approximate surface area is 328 Å². The van der Waals surface area contributed by atoms with Gasteiger partial charge in [0.2, 0.25) is 5.91 Å². The lowest BCUT2D eigenvalue weighted by atomic mass is 9.86. The Kier molecular flexibility index (Phi) is 11.9. The van der Waals surface area contributed by atoms with Gasteiger partial charge in [-0.05, 0) is 112 Å². The number of fused-ring (bicyclic) bond motifs is 2. The molecule has 0 spiro atoms. The average molecular weight is 783 g/mol. The molecular formula is C43H45F3N6O5. The molecule has 2 N–H and O–H groups in total. The van der Waals surface area contributed by atoms with Crippen molar-refractivity contribution in [1.82, 2.24) is 25.0 Å². The second-order valence-electron chi connectivity index (χ2n) is 14.9. The third kappa shape index (κ3) is 9.62. The number of carbonyl (C=O) groups excluding carboxylic acids is 3. The maximum atomic E-state index is 13.1. The first kappa shape index (κ1) is 39.5. The number of imide groups is 1. The lowest BCUT2D eigenvalue weighted by Gasteiger charge is -2.31. The number of pyridine rings is 1. The van der Waals surface area contributed by atoms with Crippen LogP contribution in [0.2, 0.25) is 0 Å². The molecule has 0 radical (unpaired) electrons. The van der Waals surface area contributed by atoms with E-state index < -0.39 is 23.7 Å². The number of aromatic nitrogens is 3. The van der Waals surface area contributed by atoms with Crippen LogP contribution in [0.4, 0.5) is 18.9 Å². The van der Waals surface area contributed by atoms with Crippen LogP contribution in [0.15, 0.2) is 79.0 Å². The fourth-order valence-electron chi connectivity index (χ4n) is 7.77. The molecule has 1 aliphatic carbocycles. The highest BCUT2D eigenvalue weighted by Crippen LogP contribution is 2.36. The Hall–Kier alpha value is -5.76. The van der Waals surface area contributed by atoms with Crippen molar-refractivity contribution in [3.63, 3.8) is 0 Å². The summed E-state index contributed by atoms with van der Waals surface area (Å²) in [7, 11) is 3.66. The molecule has 3 amide bonds. The fraction of sp³-hybridized carbons (Fsp3) is 0.372. The first-order valence-corrected chi connectivity index (χ1v) is 19.3. The molecule has 0 atom stereocenters. The van der Waals surface area contributed by atoms with E-state index in [0.29, 0.717) is 45.5 Å². The van der Waals surface area contributed by atoms with Gasteiger partial charge < -0.3 is 19.7 Å². The Morgan fingerprint density at radius 1 is 0.965 bits per heavy atom. The first-order chi connectivity index (χ1) is 27.4. The molecule has 7 rings (SSSR count). The lowest BCUT2D eigenvalue weighted by Crippen LogP contribution is -2.37. The van der Waals surface area contributed by atoms with Crippen molar-refractivity contribution >= 4 is 34.3 Å². The zero-order valence-electron chi connectivity index (χ0n) is 31.9. The van der Waals surface area contributed by atoms with Crippen molar-refractivity contribution in [2.45, 2.75) is 70.0 Å². The summed E-state index contributed by atoms with van der Waals surface area (Å²) < 4.78 is 52.9. The SMILES string of the molecule is COc1cc2nn(C3CCC(CN(C)CCCCCc4ccc(Oc5cccc6c5C(=O)NC(=O)C6)cc4)CC3)cc2cc1NC(=O)c1cccc(C(F)(F)F)n1. The molecule has 5 aromatic rings. The molecule has 1 fully saturated rings. The standard InChI is InChI=1S/C43H45F3N6O5/c1-51(21-5-3-4-8-27-15-19-32(20-16-27)57-36-11-6-9-29-23-39(53)49-42(55)40(29)36)25-28-13-17-31(18-14-28)52-26-30-22-35(37(56-2)24-34(30)50-52)48-41(54)33-10-7-12-38(47-33)43(44,45)46/h6-7,9-12,15-16,19-20,22,24,26,28,31H,3-5,8,13-14,17-18,21,23,25H2,1-2H3,(H,48,54)(H,49,53,55). The number of amides is 3. The second-order valence-corrected chi connectivity index (χ2v) is 14.9. The zero-order valence-corrected chi connectivity index (χ0v) is 31.9. The maximum Gasteiger partial charge on any atom is 0.433 e. The summed E-state index contributed by atoms with van der Waals surface area (Å²) in [4.78, 5) is 42.9. The first-order valence-electron chi connectivity index (χ1n) is 19.3. The Bertz CT molecular complexity index is 2250. The number of halogens is 3. The zero-order chi connectivity index (χ0) is 40.1. The number of methoxy groups -OCH3 is 1. The Balaban J connectivity index is 0.831. The summed E-state index contributed by atoms with van der Waals surface area (Å²) in [6.07, 6.45) is 5.96. The van der Waals surface area contributed by atoms with Crippen molar-refractivity contribution in [2.75, 3.05) is 32.6 Å². The monoisotopic (exact) mass is 782 g/mol. The number of anilines is 1. The highest BCUT2D eigenvalue weighted by Gasteiger charge is 2.33. The van der Waals surface area contributed by atoms with E-state index in [-0.39, 0.29) is 24.1 Å². The number of ether oxygens (including phenoxy) is 2. The van der Waals surface area contributed by atoms with Crippen LogP contribution >= 0.6 is 0 Å². The number of aryl methyl sites for hydroxylation is 1. The van der Waals surface area contributed by atoms with Gasteiger partial charge in [0.15, 0.2) is 0 Å². The summed E-state index contributed by atoms with van der Waals surface area (Å²) >= 11 is 0. The van der Waals surface area contributed by atoms with Gasteiger partial charge in [0.1, 0.15) is 28.6 Å². The number of hydrogen-bond acceptors (Lipinski definition) is 8. The minimum Gasteiger partial charge on any atom is -0.494 e. The number of nitrogens with one attached hydrogen (secondary N) is 2. The van der Waals surface area contributed by atoms with Gasteiger partial charge in [0.05, 0.1) is 36.3 Å². The molecule has 2 aliphatic rings. The molecule has 11 nitrogen and oxygen atoms in total. The highest BCUT2D eigenvalue weighted by molar-refractivity contribution is 6.11. The number of hydrogen-bond donors (Lipinski definition) is 2. The van der Waals surface area contributed by atoms with Crippen LogP contribution in [0.1, 0.15) is 88.7 Å². The molecule has 0 unspecified atom stereocenters. The second kappa shape index (κ2) is 17.2. The van der Waals surface area contributed by atoms with Crippen molar-refractivity contribution < 1.29 is 37.0 Å². The van der Waals surface area contributed by atoms with Gasteiger partial charge in [-0.3, -0.25) is 24.4 Å². The van der Waals surface area contributed by atoms with Gasteiger partial charge in [-0.25, -0.2) is 4.98 Å². The molecule has 57 heavy (non-hydrogen) atoms. The summed E-state index contributed by atoms with van der Waals surface area (Å²) in [5, 5.41) is 10.6. The molecule has 298 valence electrons. The van der Waals surface area contributed by atoms with Crippen molar-refractivity contribution in [2.24, 2.45) is 5.92 Å². The van der Waals surface area contributed by atoms with E-state index in [4.69, 9.17) is 14.6 Å². The van der Waals surface area contributed by atoms with Crippen LogP contribution in [0.5, 0.6) is 17.2 Å². The average Bonchev–Trinajstić information content (AvgIpc) is 3.61. The summed E-state index contributed by atoms with van der Waals surface area (Å²) in [5.41, 5.74) is 1.85. The van der Waals surface area contributed by atoms with Crippen LogP contribution in [0.3, 0.4) is 0 Å². The highest BCUT2D eigenvalue weighted by atomic mass is 19.4. The third-order valence-corrected chi connectivity index (χ3v) is 10.7. The van der Waals surface area contributed by atoms with Crippen LogP contribution in [0.25, 0.3) is 10.9 Å². The number of nitrogens with zero attached hydrogens (tertiary/aromatic N) is 4. The molecule has 3 aromatic carbocycles. The fourth-order valence-corrected chi connectivity index (χ4v) is 7.77. The van der Waals surface area contributed by atoms with Crippen molar-refractivity contribution in [3.8, 4) is 17.2 Å². The summed E-state index contributed by atoms with van der Waals surface area (Å²) in [5.74, 6) is 0.534. The topological polar surface area (TPSA) is 128 Å². The smallest absolute Gasteiger partial charge is 0.433 e. The van der Waals surface area contributed by atoms with E-state index in [9.17, 15) is 27.6 Å². The van der Waals surface area contributed by atoms with E-state index in [1.54, 1.807) is 30.3 Å². The van der Waals surface area contributed by atoms with Crippen LogP contribution in [-0.4, -0.2) is 64.6 Å². The molecule has 0 bridgehead atoms. The van der Waals surface area contributed by atoms with E-state index in [2.05, 4.69) is 39.7 Å². The van der Waals surface area contributed by atoms with Crippen LogP contribution < -0.4 is 20.1 Å². The largest absolute Gasteiger partial charge is 0.494 e. The van der Waals surface area contributed by atoms with Gasteiger partial charge in [-0.1, -0.05) is 36.8 Å². The summed E-state index contributed by atoms with van der Waals surface area (Å²) in [6.45, 7) is 2.10. The Morgan fingerprint density at radius 3 is 2.49 bits per heavy atom. The van der Waals surface area contributed by atoms with E-state index in [1.165, 1.54) is 18.7 Å². The normalized spacial score (nSPS) is 17.0. The van der Waals surface area contributed by atoms with E-state index in [1.807, 2.05) is 23.0 Å². The van der Waals surface area contributed by atoms with Crippen molar-refractivity contribution in [3.05, 3.63) is 107 Å². The summed E-state index contributed by atoms with van der Waals surface area (Å²) in [6, 6.07) is 20.2. The number of benzene rings is 3. The number of unbranched alkanes of at least 4 members (excludes halogenated alkanes) is 2. The Morgan fingerprint density at radius 2 is 1.74 bits per heavy atom. The van der Waals surface area contributed by atoms with Gasteiger partial charge >= 0.3 is 6.18 Å². The minimum absolute atomic E-state index is 0.159. The minimum atomic E-state index is -4.66. The molecule has 14 heteroatoms. The predicted molar refractivity (Wildman–Crippen MR) is 209 cm³/mol. The quantitative estimate of drug-likeness (QED) is 0.0850. The van der Waals surface area contributed by atoms with Gasteiger partial charge in [-0.2, -0.15) is 18.3 Å². The number of carbonyl (C=O) groups is 3. The molecule has 0 saturated heterocycles. The van der Waals surface area contributed by atoms with Crippen LogP contribution in [-0.2, 0) is 23.8 Å². The molecule has 1 aliphatic heterocycles. The third-order valence-electron chi connectivity index (χ3n) is 10.7. The number of rotatable bonds is 14. The molecule has 2 aromatic heterocycles. The van der Waals surface area contributed by atoms with Gasteiger partial charge in [0, 0.05) is 24.2 Å². The van der Waals surface area contributed by atoms with Gasteiger partial charge in [0.25, 0.3) is 11.8 Å². The van der Waals surface area contributed by atoms with Gasteiger partial charge in [-0.15, -0.1) is 0 Å². The van der Waals surface area contributed by atoms with E-state index in [0.717, 1.165) is 82.0 Å². The lowest BCUT2D eigenvalue weighted by molar-refractivity contribution is -0.141. The molecule has 3 heterocycles. The number of alkyl halides is 3. The van der Waals surface area contributed by atoms with Crippen LogP contribution in [0, 0.1) is 5.92 Å². The predicted octanol–water partition coefficient (Wildman–Crippen LogP) is 8.39. The van der Waals surface area contributed by atoms with Crippen molar-refractivity contribution in [1.29, 1.82) is 0 Å². The molecular weight excluding hydrogens is 738 g/mol. The maximum absolute atomic E-state index is 13.1. The van der Waals surface area contributed by atoms with E-state index >= 15 is 0 Å². The molecule has 1 saturated carbocycles.